The first-order valence-corrected chi connectivity index (χ1v) is 8.30. The van der Waals surface area contributed by atoms with Crippen LogP contribution in [0.2, 0.25) is 0 Å². The van der Waals surface area contributed by atoms with E-state index in [0.29, 0.717) is 24.5 Å². The zero-order valence-corrected chi connectivity index (χ0v) is 12.8. The number of nitrogens with one attached hydrogen (secondary N) is 1. The van der Waals surface area contributed by atoms with Gasteiger partial charge in [0, 0.05) is 19.3 Å². The molecule has 0 saturated heterocycles. The highest BCUT2D eigenvalue weighted by Gasteiger charge is 2.12. The van der Waals surface area contributed by atoms with Crippen molar-refractivity contribution in [1.82, 2.24) is 4.90 Å². The van der Waals surface area contributed by atoms with Crippen LogP contribution in [0.25, 0.3) is 0 Å². The number of anilines is 2. The average Bonchev–Trinajstić information content (AvgIpc) is 2.37. The van der Waals surface area contributed by atoms with E-state index in [9.17, 15) is 13.2 Å². The molecule has 0 aliphatic rings. The molecule has 0 saturated carbocycles. The molecule has 6 nitrogen and oxygen atoms in total. The lowest BCUT2D eigenvalue weighted by Crippen LogP contribution is -2.35. The van der Waals surface area contributed by atoms with Gasteiger partial charge in [-0.05, 0) is 32.0 Å². The average molecular weight is 299 g/mol. The van der Waals surface area contributed by atoms with E-state index in [2.05, 4.69) is 5.32 Å². The van der Waals surface area contributed by atoms with Gasteiger partial charge in [-0.1, -0.05) is 0 Å². The molecule has 0 radical (unpaired) electrons. The Morgan fingerprint density at radius 3 is 2.35 bits per heavy atom. The second-order valence-corrected chi connectivity index (χ2v) is 6.46. The Balaban J connectivity index is 2.78. The van der Waals surface area contributed by atoms with Gasteiger partial charge in [-0.25, -0.2) is 8.42 Å². The Bertz CT molecular complexity index is 581. The molecule has 112 valence electrons. The molecule has 0 unspecified atom stereocenters. The van der Waals surface area contributed by atoms with Crippen molar-refractivity contribution in [2.24, 2.45) is 0 Å². The third-order valence-electron chi connectivity index (χ3n) is 3.00. The molecule has 7 heteroatoms. The number of carbonyl (C=O) groups excluding carboxylic acids is 1. The van der Waals surface area contributed by atoms with Crippen LogP contribution in [0, 0.1) is 0 Å². The Morgan fingerprint density at radius 1 is 1.30 bits per heavy atom. The third kappa shape index (κ3) is 4.12. The summed E-state index contributed by atoms with van der Waals surface area (Å²) in [5.74, 6) is -0.0263. The highest BCUT2D eigenvalue weighted by Crippen LogP contribution is 2.22. The number of likely N-dealkylation sites (N-methyl/N-ethyl adjacent to an activating group) is 1. The lowest BCUT2D eigenvalue weighted by atomic mass is 10.2. The van der Waals surface area contributed by atoms with E-state index in [1.54, 1.807) is 11.0 Å². The van der Waals surface area contributed by atoms with Gasteiger partial charge in [0.15, 0.2) is 9.84 Å². The fourth-order valence-corrected chi connectivity index (χ4v) is 2.45. The summed E-state index contributed by atoms with van der Waals surface area (Å²) in [5.41, 5.74) is 6.65. The molecule has 20 heavy (non-hydrogen) atoms. The summed E-state index contributed by atoms with van der Waals surface area (Å²) >= 11 is 0. The molecule has 0 atom stereocenters. The number of rotatable bonds is 6. The summed E-state index contributed by atoms with van der Waals surface area (Å²) in [7, 11) is -3.28. The highest BCUT2D eigenvalue weighted by atomic mass is 32.2. The van der Waals surface area contributed by atoms with E-state index in [4.69, 9.17) is 5.73 Å². The molecule has 1 rings (SSSR count). The van der Waals surface area contributed by atoms with Gasteiger partial charge < -0.3 is 16.0 Å². The maximum absolute atomic E-state index is 11.8. The number of nitrogens with zero attached hydrogens (tertiary/aromatic N) is 1. The van der Waals surface area contributed by atoms with Crippen LogP contribution in [0.3, 0.4) is 0 Å². The second kappa shape index (κ2) is 6.60. The van der Waals surface area contributed by atoms with Crippen molar-refractivity contribution in [3.05, 3.63) is 18.2 Å². The first-order valence-electron chi connectivity index (χ1n) is 6.40. The Kier molecular flexibility index (Phi) is 5.38. The number of amides is 1. The summed E-state index contributed by atoms with van der Waals surface area (Å²) in [4.78, 5) is 13.7. The molecule has 0 fully saturated rings. The van der Waals surface area contributed by atoms with Gasteiger partial charge in [-0.2, -0.15) is 0 Å². The van der Waals surface area contributed by atoms with Gasteiger partial charge in [0.25, 0.3) is 0 Å². The van der Waals surface area contributed by atoms with Crippen LogP contribution < -0.4 is 11.1 Å². The van der Waals surface area contributed by atoms with E-state index < -0.39 is 9.84 Å². The zero-order valence-electron chi connectivity index (χ0n) is 12.0. The van der Waals surface area contributed by atoms with Gasteiger partial charge in [0.1, 0.15) is 0 Å². The summed E-state index contributed by atoms with van der Waals surface area (Å²) in [5, 5.41) is 2.93. The van der Waals surface area contributed by atoms with Crippen molar-refractivity contribution < 1.29 is 13.2 Å². The Hall–Kier alpha value is -1.76. The van der Waals surface area contributed by atoms with Crippen LogP contribution in [0.15, 0.2) is 23.1 Å². The fraction of sp³-hybridized carbons (Fsp3) is 0.462. The van der Waals surface area contributed by atoms with Gasteiger partial charge in [-0.3, -0.25) is 4.79 Å². The fourth-order valence-electron chi connectivity index (χ4n) is 1.79. The minimum Gasteiger partial charge on any atom is -0.397 e. The van der Waals surface area contributed by atoms with Crippen LogP contribution >= 0.6 is 0 Å². The number of hydrogen-bond acceptors (Lipinski definition) is 5. The van der Waals surface area contributed by atoms with Crippen LogP contribution in [0.4, 0.5) is 11.4 Å². The molecule has 0 bridgehead atoms. The molecule has 1 aromatic carbocycles. The quantitative estimate of drug-likeness (QED) is 0.763. The first kappa shape index (κ1) is 16.3. The SMILES string of the molecule is CCN(CC)C(=O)CNc1ccc(S(C)(=O)=O)cc1N. The topological polar surface area (TPSA) is 92.5 Å². The monoisotopic (exact) mass is 299 g/mol. The Morgan fingerprint density at radius 2 is 1.90 bits per heavy atom. The largest absolute Gasteiger partial charge is 0.397 e. The molecule has 3 N–H and O–H groups in total. The molecule has 0 aliphatic heterocycles. The predicted octanol–water partition coefficient (Wildman–Crippen LogP) is 0.953. The molecule has 0 heterocycles. The van der Waals surface area contributed by atoms with Gasteiger partial charge in [-0.15, -0.1) is 0 Å². The van der Waals surface area contributed by atoms with Crippen molar-refractivity contribution in [3.8, 4) is 0 Å². The molecular formula is C13H21N3O3S. The number of hydrogen-bond donors (Lipinski definition) is 2. The smallest absolute Gasteiger partial charge is 0.241 e. The third-order valence-corrected chi connectivity index (χ3v) is 4.11. The Labute approximate surface area is 119 Å². The van der Waals surface area contributed by atoms with Gasteiger partial charge >= 0.3 is 0 Å². The van der Waals surface area contributed by atoms with Crippen molar-refractivity contribution in [1.29, 1.82) is 0 Å². The van der Waals surface area contributed by atoms with E-state index in [-0.39, 0.29) is 17.3 Å². The van der Waals surface area contributed by atoms with Crippen LogP contribution in [-0.2, 0) is 14.6 Å². The standard InChI is InChI=1S/C13H21N3O3S/c1-4-16(5-2)13(17)9-15-12-7-6-10(8-11(12)14)20(3,18)19/h6-8,15H,4-5,9,14H2,1-3H3. The number of benzene rings is 1. The highest BCUT2D eigenvalue weighted by molar-refractivity contribution is 7.90. The van der Waals surface area contributed by atoms with Crippen molar-refractivity contribution in [3.63, 3.8) is 0 Å². The summed E-state index contributed by atoms with van der Waals surface area (Å²) < 4.78 is 22.8. The summed E-state index contributed by atoms with van der Waals surface area (Å²) in [6.45, 7) is 5.26. The van der Waals surface area contributed by atoms with Gasteiger partial charge in [0.2, 0.25) is 5.91 Å². The van der Waals surface area contributed by atoms with E-state index in [1.165, 1.54) is 12.1 Å². The molecule has 1 aromatic rings. The van der Waals surface area contributed by atoms with Crippen molar-refractivity contribution >= 4 is 27.1 Å². The predicted molar refractivity (Wildman–Crippen MR) is 80.4 cm³/mol. The molecule has 0 aliphatic carbocycles. The first-order chi connectivity index (χ1) is 9.29. The number of carbonyl (C=O) groups is 1. The van der Waals surface area contributed by atoms with Crippen molar-refractivity contribution in [2.75, 3.05) is 36.9 Å². The molecule has 0 aromatic heterocycles. The second-order valence-electron chi connectivity index (χ2n) is 4.44. The normalized spacial score (nSPS) is 11.2. The number of sulfone groups is 1. The molecular weight excluding hydrogens is 278 g/mol. The van der Waals surface area contributed by atoms with Crippen LogP contribution in [0.1, 0.15) is 13.8 Å². The number of nitrogen functional groups attached to an aromatic ring is 1. The van der Waals surface area contributed by atoms with Crippen molar-refractivity contribution in [2.45, 2.75) is 18.7 Å². The summed E-state index contributed by atoms with van der Waals surface area (Å²) in [6.07, 6.45) is 1.12. The maximum Gasteiger partial charge on any atom is 0.241 e. The minimum absolute atomic E-state index is 0.0263. The minimum atomic E-state index is -3.28. The summed E-state index contributed by atoms with van der Waals surface area (Å²) in [6, 6.07) is 4.43. The lowest BCUT2D eigenvalue weighted by Gasteiger charge is -2.19. The maximum atomic E-state index is 11.8. The van der Waals surface area contributed by atoms with Crippen LogP contribution in [0.5, 0.6) is 0 Å². The van der Waals surface area contributed by atoms with Gasteiger partial charge in [0.05, 0.1) is 22.8 Å². The molecule has 0 spiro atoms. The zero-order chi connectivity index (χ0) is 15.3. The van der Waals surface area contributed by atoms with Crippen LogP contribution in [-0.4, -0.2) is 45.1 Å². The molecule has 1 amide bonds. The number of nitrogens with two attached hydrogens (primary N) is 1. The van der Waals surface area contributed by atoms with E-state index in [0.717, 1.165) is 6.26 Å². The lowest BCUT2D eigenvalue weighted by molar-refractivity contribution is -0.128. The van der Waals surface area contributed by atoms with E-state index >= 15 is 0 Å². The van der Waals surface area contributed by atoms with E-state index in [1.807, 2.05) is 13.8 Å².